The Labute approximate surface area is 184 Å². The van der Waals surface area contributed by atoms with Gasteiger partial charge in [0.05, 0.1) is 24.5 Å². The average molecular weight is 436 g/mol. The zero-order chi connectivity index (χ0) is 22.7. The van der Waals surface area contributed by atoms with E-state index in [9.17, 15) is 9.90 Å². The number of nitrogens with one attached hydrogen (secondary N) is 2. The fraction of sp³-hybridized carbons (Fsp3) is 0.273. The number of aromatic hydroxyl groups is 1. The molecule has 1 atom stereocenters. The number of nitrogens with zero attached hydrogens (tertiary/aromatic N) is 4. The van der Waals surface area contributed by atoms with Gasteiger partial charge in [0.15, 0.2) is 11.5 Å². The highest BCUT2D eigenvalue weighted by Gasteiger charge is 2.34. The summed E-state index contributed by atoms with van der Waals surface area (Å²) in [5, 5.41) is 28.0. The normalized spacial score (nSPS) is 15.0. The van der Waals surface area contributed by atoms with E-state index in [0.717, 1.165) is 0 Å². The maximum Gasteiger partial charge on any atom is 0.255 e. The molecule has 0 bridgehead atoms. The fourth-order valence-electron chi connectivity index (χ4n) is 3.63. The number of allylic oxidation sites excluding steroid dienone is 1. The Morgan fingerprint density at radius 3 is 2.69 bits per heavy atom. The lowest BCUT2D eigenvalue weighted by Crippen LogP contribution is -2.31. The molecule has 1 aliphatic heterocycles. The fourth-order valence-corrected chi connectivity index (χ4v) is 3.63. The lowest BCUT2D eigenvalue weighted by atomic mass is 9.94. The molecular weight excluding hydrogens is 412 g/mol. The van der Waals surface area contributed by atoms with Gasteiger partial charge in [0.1, 0.15) is 11.8 Å². The van der Waals surface area contributed by atoms with Gasteiger partial charge in [-0.15, -0.1) is 0 Å². The van der Waals surface area contributed by atoms with Gasteiger partial charge in [0.2, 0.25) is 5.95 Å². The monoisotopic (exact) mass is 436 g/mol. The minimum absolute atomic E-state index is 0.0128. The Bertz CT molecular complexity index is 1170. The zero-order valence-corrected chi connectivity index (χ0v) is 18.0. The second-order valence-corrected chi connectivity index (χ2v) is 7.06. The van der Waals surface area contributed by atoms with Gasteiger partial charge in [0, 0.05) is 5.70 Å². The summed E-state index contributed by atoms with van der Waals surface area (Å²) in [7, 11) is 0. The third kappa shape index (κ3) is 3.94. The molecule has 4 rings (SSSR count). The van der Waals surface area contributed by atoms with E-state index in [-0.39, 0.29) is 11.7 Å². The van der Waals surface area contributed by atoms with E-state index in [2.05, 4.69) is 26.2 Å². The molecule has 166 valence electrons. The molecule has 1 aliphatic rings. The summed E-state index contributed by atoms with van der Waals surface area (Å²) in [5.74, 6) is 0.980. The summed E-state index contributed by atoms with van der Waals surface area (Å²) in [6, 6.07) is 11.5. The van der Waals surface area contributed by atoms with Crippen molar-refractivity contribution in [1.82, 2.24) is 20.2 Å². The highest BCUT2D eigenvalue weighted by molar-refractivity contribution is 6.06. The number of tetrazole rings is 1. The molecule has 1 unspecified atom stereocenters. The van der Waals surface area contributed by atoms with Crippen molar-refractivity contribution >= 4 is 17.5 Å². The number of aromatic nitrogens is 4. The molecule has 0 aliphatic carbocycles. The molecular formula is C22H24N6O4. The summed E-state index contributed by atoms with van der Waals surface area (Å²) in [6.45, 7) is 6.36. The summed E-state index contributed by atoms with van der Waals surface area (Å²) in [4.78, 5) is 13.5. The maximum atomic E-state index is 13.5. The van der Waals surface area contributed by atoms with Gasteiger partial charge in [0.25, 0.3) is 5.91 Å². The lowest BCUT2D eigenvalue weighted by molar-refractivity contribution is -0.113. The van der Waals surface area contributed by atoms with E-state index >= 15 is 0 Å². The van der Waals surface area contributed by atoms with Crippen molar-refractivity contribution in [3.63, 3.8) is 0 Å². The third-order valence-electron chi connectivity index (χ3n) is 4.99. The number of fused-ring (bicyclic) bond motifs is 1. The standard InChI is InChI=1S/C22H24N6O4/c1-4-31-17-9-7-6-8-15(17)24-21(30)19-13(3)23-22-25-26-27-28(22)20(19)14-10-11-16(29)18(12-14)32-5-2/h6-12,20,29H,4-5H2,1-3H3,(H,24,30)(H,23,25,27). The van der Waals surface area contributed by atoms with Crippen LogP contribution in [0.15, 0.2) is 53.7 Å². The van der Waals surface area contributed by atoms with Gasteiger partial charge in [-0.05, 0) is 61.0 Å². The zero-order valence-electron chi connectivity index (χ0n) is 18.0. The molecule has 2 heterocycles. The number of hydrogen-bond acceptors (Lipinski definition) is 8. The van der Waals surface area contributed by atoms with Crippen LogP contribution >= 0.6 is 0 Å². The van der Waals surface area contributed by atoms with Crippen molar-refractivity contribution in [2.24, 2.45) is 0 Å². The van der Waals surface area contributed by atoms with Crippen LogP contribution in [0, 0.1) is 0 Å². The first-order chi connectivity index (χ1) is 15.5. The van der Waals surface area contributed by atoms with Gasteiger partial charge in [-0.3, -0.25) is 4.79 Å². The number of benzene rings is 2. The first kappa shape index (κ1) is 21.2. The van der Waals surface area contributed by atoms with Crippen molar-refractivity contribution < 1.29 is 19.4 Å². The van der Waals surface area contributed by atoms with Crippen LogP contribution in [-0.4, -0.2) is 44.4 Å². The second kappa shape index (κ2) is 8.96. The van der Waals surface area contributed by atoms with E-state index in [1.54, 1.807) is 31.2 Å². The molecule has 10 nitrogen and oxygen atoms in total. The number of carbonyl (C=O) groups excluding carboxylic acids is 1. The van der Waals surface area contributed by atoms with E-state index in [1.807, 2.05) is 26.0 Å². The molecule has 3 N–H and O–H groups in total. The van der Waals surface area contributed by atoms with Crippen LogP contribution in [0.25, 0.3) is 0 Å². The average Bonchev–Trinajstić information content (AvgIpc) is 3.24. The number of anilines is 2. The number of amides is 1. The number of rotatable bonds is 7. The molecule has 10 heteroatoms. The van der Waals surface area contributed by atoms with Gasteiger partial charge in [-0.2, -0.15) is 4.68 Å². The number of phenols is 1. The summed E-state index contributed by atoms with van der Waals surface area (Å²) in [6.07, 6.45) is 0. The second-order valence-electron chi connectivity index (χ2n) is 7.06. The van der Waals surface area contributed by atoms with E-state index in [1.165, 1.54) is 10.7 Å². The SMILES string of the molecule is CCOc1cc(C2C(C(=O)Nc3ccccc3OCC)=C(C)Nc3nnnn32)ccc1O. The summed E-state index contributed by atoms with van der Waals surface area (Å²) < 4.78 is 12.7. The molecule has 1 aromatic heterocycles. The van der Waals surface area contributed by atoms with E-state index < -0.39 is 6.04 Å². The predicted octanol–water partition coefficient (Wildman–Crippen LogP) is 3.10. The van der Waals surface area contributed by atoms with Crippen LogP contribution in [0.1, 0.15) is 32.4 Å². The van der Waals surface area contributed by atoms with Crippen LogP contribution in [0.3, 0.4) is 0 Å². The summed E-state index contributed by atoms with van der Waals surface area (Å²) in [5.41, 5.74) is 2.27. The molecule has 0 saturated heterocycles. The number of hydrogen-bond donors (Lipinski definition) is 3. The lowest BCUT2D eigenvalue weighted by Gasteiger charge is -2.28. The van der Waals surface area contributed by atoms with E-state index in [0.29, 0.717) is 53.2 Å². The molecule has 32 heavy (non-hydrogen) atoms. The molecule has 2 aromatic carbocycles. The first-order valence-electron chi connectivity index (χ1n) is 10.3. The molecule has 1 amide bonds. The molecule has 0 spiro atoms. The summed E-state index contributed by atoms with van der Waals surface area (Å²) >= 11 is 0. The Morgan fingerprint density at radius 1 is 1.16 bits per heavy atom. The van der Waals surface area contributed by atoms with Gasteiger partial charge in [-0.25, -0.2) is 0 Å². The van der Waals surface area contributed by atoms with Gasteiger partial charge in [-0.1, -0.05) is 23.3 Å². The highest BCUT2D eigenvalue weighted by atomic mass is 16.5. The maximum absolute atomic E-state index is 13.5. The molecule has 0 fully saturated rings. The number of para-hydroxylation sites is 2. The Hall–Kier alpha value is -4.08. The van der Waals surface area contributed by atoms with Crippen LogP contribution in [-0.2, 0) is 4.79 Å². The molecule has 0 radical (unpaired) electrons. The molecule has 3 aromatic rings. The number of phenolic OH excluding ortho intramolecular Hbond substituents is 1. The van der Waals surface area contributed by atoms with Crippen molar-refractivity contribution in [1.29, 1.82) is 0 Å². The highest BCUT2D eigenvalue weighted by Crippen LogP contribution is 2.38. The van der Waals surface area contributed by atoms with Crippen LogP contribution < -0.4 is 20.1 Å². The Kier molecular flexibility index (Phi) is 5.93. The number of carbonyl (C=O) groups is 1. The Balaban J connectivity index is 1.76. The molecule has 0 saturated carbocycles. The first-order valence-corrected chi connectivity index (χ1v) is 10.3. The van der Waals surface area contributed by atoms with Crippen LogP contribution in [0.5, 0.6) is 17.2 Å². The van der Waals surface area contributed by atoms with Crippen molar-refractivity contribution in [3.8, 4) is 17.2 Å². The van der Waals surface area contributed by atoms with Gasteiger partial charge >= 0.3 is 0 Å². The van der Waals surface area contributed by atoms with Crippen LogP contribution in [0.4, 0.5) is 11.6 Å². The quantitative estimate of drug-likeness (QED) is 0.516. The predicted molar refractivity (Wildman–Crippen MR) is 118 cm³/mol. The van der Waals surface area contributed by atoms with Crippen LogP contribution in [0.2, 0.25) is 0 Å². The van der Waals surface area contributed by atoms with Crippen molar-refractivity contribution in [2.75, 3.05) is 23.8 Å². The topological polar surface area (TPSA) is 123 Å². The van der Waals surface area contributed by atoms with Crippen molar-refractivity contribution in [3.05, 3.63) is 59.3 Å². The van der Waals surface area contributed by atoms with Crippen molar-refractivity contribution in [2.45, 2.75) is 26.8 Å². The largest absolute Gasteiger partial charge is 0.504 e. The van der Waals surface area contributed by atoms with E-state index in [4.69, 9.17) is 9.47 Å². The smallest absolute Gasteiger partial charge is 0.255 e. The van der Waals surface area contributed by atoms with Gasteiger partial charge < -0.3 is 25.2 Å². The minimum Gasteiger partial charge on any atom is -0.504 e. The third-order valence-corrected chi connectivity index (χ3v) is 4.99. The Morgan fingerprint density at radius 2 is 1.91 bits per heavy atom. The number of ether oxygens (including phenoxy) is 2. The minimum atomic E-state index is -0.639.